The lowest BCUT2D eigenvalue weighted by Crippen LogP contribution is -2.15. The van der Waals surface area contributed by atoms with Crippen molar-refractivity contribution >= 4 is 0 Å². The summed E-state index contributed by atoms with van der Waals surface area (Å²) in [6.45, 7) is 1.48. The van der Waals surface area contributed by atoms with E-state index in [-0.39, 0.29) is 6.10 Å². The molecule has 0 N–H and O–H groups in total. The molecule has 3 nitrogen and oxygen atoms in total. The van der Waals surface area contributed by atoms with Crippen molar-refractivity contribution in [1.29, 1.82) is 0 Å². The zero-order valence-electron chi connectivity index (χ0n) is 10.1. The fourth-order valence-corrected chi connectivity index (χ4v) is 2.05. The lowest BCUT2D eigenvalue weighted by molar-refractivity contribution is 0.141. The minimum atomic E-state index is 0.177. The molecule has 2 aromatic rings. The van der Waals surface area contributed by atoms with Crippen LogP contribution in [0.2, 0.25) is 0 Å². The maximum atomic E-state index is 5.87. The number of hydrogen-bond donors (Lipinski definition) is 0. The molecule has 1 atom stereocenters. The molecule has 92 valence electrons. The van der Waals surface area contributed by atoms with Crippen LogP contribution in [-0.4, -0.2) is 24.3 Å². The third-order valence-electron chi connectivity index (χ3n) is 2.99. The van der Waals surface area contributed by atoms with Gasteiger partial charge in [0.2, 0.25) is 0 Å². The molecule has 1 aromatic heterocycles. The molecule has 2 heterocycles. The van der Waals surface area contributed by atoms with Gasteiger partial charge in [-0.2, -0.15) is 0 Å². The minimum Gasteiger partial charge on any atom is -0.488 e. The van der Waals surface area contributed by atoms with Crippen LogP contribution in [0, 0.1) is 0 Å². The molecular formula is C15H15NO2. The highest BCUT2D eigenvalue weighted by atomic mass is 16.5. The SMILES string of the molecule is c1ccc(-c2cc(OC3CCOC3)ccn2)cc1. The number of aromatic nitrogens is 1. The van der Waals surface area contributed by atoms with Crippen LogP contribution >= 0.6 is 0 Å². The topological polar surface area (TPSA) is 31.4 Å². The Kier molecular flexibility index (Phi) is 3.24. The molecule has 18 heavy (non-hydrogen) atoms. The van der Waals surface area contributed by atoms with Crippen LogP contribution in [0.15, 0.2) is 48.7 Å². The van der Waals surface area contributed by atoms with E-state index >= 15 is 0 Å². The Balaban J connectivity index is 1.80. The van der Waals surface area contributed by atoms with Gasteiger partial charge in [-0.1, -0.05) is 30.3 Å². The largest absolute Gasteiger partial charge is 0.488 e. The van der Waals surface area contributed by atoms with E-state index in [1.165, 1.54) is 0 Å². The summed E-state index contributed by atoms with van der Waals surface area (Å²) < 4.78 is 11.2. The fourth-order valence-electron chi connectivity index (χ4n) is 2.05. The number of nitrogens with zero attached hydrogens (tertiary/aromatic N) is 1. The Morgan fingerprint density at radius 3 is 2.83 bits per heavy atom. The first-order chi connectivity index (χ1) is 8.92. The average molecular weight is 241 g/mol. The summed E-state index contributed by atoms with van der Waals surface area (Å²) in [7, 11) is 0. The molecule has 1 aliphatic rings. The molecule has 0 bridgehead atoms. The predicted octanol–water partition coefficient (Wildman–Crippen LogP) is 2.92. The first kappa shape index (κ1) is 11.2. The summed E-state index contributed by atoms with van der Waals surface area (Å²) in [6, 6.07) is 14.0. The standard InChI is InChI=1S/C15H15NO2/c1-2-4-12(5-3-1)15-10-13(6-8-16-15)18-14-7-9-17-11-14/h1-6,8,10,14H,7,9,11H2. The zero-order valence-corrected chi connectivity index (χ0v) is 10.1. The van der Waals surface area contributed by atoms with Gasteiger partial charge in [0.05, 0.1) is 18.9 Å². The van der Waals surface area contributed by atoms with E-state index in [0.717, 1.165) is 30.0 Å². The van der Waals surface area contributed by atoms with E-state index in [1.807, 2.05) is 42.5 Å². The Hall–Kier alpha value is -1.87. The Labute approximate surface area is 106 Å². The van der Waals surface area contributed by atoms with Gasteiger partial charge in [-0.15, -0.1) is 0 Å². The molecule has 0 amide bonds. The Morgan fingerprint density at radius 1 is 1.17 bits per heavy atom. The van der Waals surface area contributed by atoms with Crippen molar-refractivity contribution < 1.29 is 9.47 Å². The fraction of sp³-hybridized carbons (Fsp3) is 0.267. The van der Waals surface area contributed by atoms with Gasteiger partial charge >= 0.3 is 0 Å². The quantitative estimate of drug-likeness (QED) is 0.828. The monoisotopic (exact) mass is 241 g/mol. The summed E-state index contributed by atoms with van der Waals surface area (Å²) in [5.41, 5.74) is 2.04. The van der Waals surface area contributed by atoms with Gasteiger partial charge in [-0.3, -0.25) is 4.98 Å². The molecule has 1 saturated heterocycles. The molecule has 1 aromatic carbocycles. The van der Waals surface area contributed by atoms with Gasteiger partial charge in [0.25, 0.3) is 0 Å². The molecule has 3 rings (SSSR count). The lowest BCUT2D eigenvalue weighted by Gasteiger charge is -2.12. The molecule has 1 fully saturated rings. The smallest absolute Gasteiger partial charge is 0.124 e. The second-order valence-corrected chi connectivity index (χ2v) is 4.35. The normalized spacial score (nSPS) is 18.8. The number of benzene rings is 1. The van der Waals surface area contributed by atoms with E-state index in [4.69, 9.17) is 9.47 Å². The lowest BCUT2D eigenvalue weighted by atomic mass is 10.1. The number of ether oxygens (including phenoxy) is 2. The van der Waals surface area contributed by atoms with Crippen LogP contribution in [0.5, 0.6) is 5.75 Å². The predicted molar refractivity (Wildman–Crippen MR) is 69.5 cm³/mol. The molecule has 3 heteroatoms. The van der Waals surface area contributed by atoms with Crippen LogP contribution in [0.4, 0.5) is 0 Å². The molecule has 0 radical (unpaired) electrons. The second-order valence-electron chi connectivity index (χ2n) is 4.35. The van der Waals surface area contributed by atoms with E-state index in [2.05, 4.69) is 4.98 Å². The third-order valence-corrected chi connectivity index (χ3v) is 2.99. The van der Waals surface area contributed by atoms with Crippen LogP contribution in [0.3, 0.4) is 0 Å². The van der Waals surface area contributed by atoms with Crippen molar-refractivity contribution in [2.75, 3.05) is 13.2 Å². The van der Waals surface area contributed by atoms with Crippen molar-refractivity contribution in [2.24, 2.45) is 0 Å². The number of pyridine rings is 1. The van der Waals surface area contributed by atoms with Crippen molar-refractivity contribution in [1.82, 2.24) is 4.98 Å². The van der Waals surface area contributed by atoms with Gasteiger partial charge in [-0.25, -0.2) is 0 Å². The number of hydrogen-bond acceptors (Lipinski definition) is 3. The van der Waals surface area contributed by atoms with Gasteiger partial charge < -0.3 is 9.47 Å². The van der Waals surface area contributed by atoms with Crippen molar-refractivity contribution in [3.05, 3.63) is 48.7 Å². The van der Waals surface area contributed by atoms with E-state index < -0.39 is 0 Å². The average Bonchev–Trinajstić information content (AvgIpc) is 2.93. The van der Waals surface area contributed by atoms with Gasteiger partial charge in [0.15, 0.2) is 0 Å². The maximum absolute atomic E-state index is 5.87. The molecular weight excluding hydrogens is 226 g/mol. The first-order valence-corrected chi connectivity index (χ1v) is 6.18. The van der Waals surface area contributed by atoms with Gasteiger partial charge in [0.1, 0.15) is 11.9 Å². The zero-order chi connectivity index (χ0) is 12.2. The Morgan fingerprint density at radius 2 is 2.06 bits per heavy atom. The van der Waals surface area contributed by atoms with E-state index in [0.29, 0.717) is 6.61 Å². The van der Waals surface area contributed by atoms with Crippen molar-refractivity contribution in [3.63, 3.8) is 0 Å². The van der Waals surface area contributed by atoms with Crippen LogP contribution < -0.4 is 4.74 Å². The van der Waals surface area contributed by atoms with Crippen LogP contribution in [0.25, 0.3) is 11.3 Å². The summed E-state index contributed by atoms with van der Waals surface area (Å²) in [5, 5.41) is 0. The van der Waals surface area contributed by atoms with E-state index in [1.54, 1.807) is 6.20 Å². The maximum Gasteiger partial charge on any atom is 0.124 e. The third kappa shape index (κ3) is 2.51. The second kappa shape index (κ2) is 5.19. The van der Waals surface area contributed by atoms with Crippen LogP contribution in [-0.2, 0) is 4.74 Å². The number of rotatable bonds is 3. The van der Waals surface area contributed by atoms with Gasteiger partial charge in [-0.05, 0) is 6.07 Å². The van der Waals surface area contributed by atoms with Crippen molar-refractivity contribution in [3.8, 4) is 17.0 Å². The minimum absolute atomic E-state index is 0.177. The molecule has 0 saturated carbocycles. The molecule has 1 unspecified atom stereocenters. The van der Waals surface area contributed by atoms with Crippen LogP contribution in [0.1, 0.15) is 6.42 Å². The summed E-state index contributed by atoms with van der Waals surface area (Å²) in [6.07, 6.45) is 2.92. The highest BCUT2D eigenvalue weighted by Crippen LogP contribution is 2.23. The highest BCUT2D eigenvalue weighted by Gasteiger charge is 2.17. The first-order valence-electron chi connectivity index (χ1n) is 6.18. The summed E-state index contributed by atoms with van der Waals surface area (Å²) in [5.74, 6) is 0.861. The van der Waals surface area contributed by atoms with E-state index in [9.17, 15) is 0 Å². The summed E-state index contributed by atoms with van der Waals surface area (Å²) in [4.78, 5) is 4.37. The van der Waals surface area contributed by atoms with Crippen molar-refractivity contribution in [2.45, 2.75) is 12.5 Å². The molecule has 0 spiro atoms. The summed E-state index contributed by atoms with van der Waals surface area (Å²) >= 11 is 0. The molecule has 1 aliphatic heterocycles. The Bertz CT molecular complexity index is 507. The van der Waals surface area contributed by atoms with Gasteiger partial charge in [0, 0.05) is 24.2 Å². The highest BCUT2D eigenvalue weighted by molar-refractivity contribution is 5.60. The molecule has 0 aliphatic carbocycles.